The minimum atomic E-state index is -4.37. The van der Waals surface area contributed by atoms with Crippen LogP contribution >= 0.6 is 11.8 Å². The van der Waals surface area contributed by atoms with E-state index in [1.54, 1.807) is 0 Å². The van der Waals surface area contributed by atoms with E-state index in [-0.39, 0.29) is 10.7 Å². The molecule has 0 spiro atoms. The summed E-state index contributed by atoms with van der Waals surface area (Å²) in [4.78, 5) is 20.7. The number of amidine groups is 1. The number of rotatable bonds is 3. The third-order valence-corrected chi connectivity index (χ3v) is 4.50. The van der Waals surface area contributed by atoms with Crippen LogP contribution in [-0.2, 0) is 11.3 Å². The molecule has 0 aliphatic carbocycles. The lowest BCUT2D eigenvalue weighted by atomic mass is 10.1. The van der Waals surface area contributed by atoms with E-state index in [4.69, 9.17) is 0 Å². The van der Waals surface area contributed by atoms with Crippen molar-refractivity contribution in [3.05, 3.63) is 52.4 Å². The van der Waals surface area contributed by atoms with Crippen molar-refractivity contribution < 1.29 is 18.0 Å². The van der Waals surface area contributed by atoms with E-state index < -0.39 is 18.6 Å². The van der Waals surface area contributed by atoms with Crippen molar-refractivity contribution in [3.63, 3.8) is 0 Å². The maximum atomic E-state index is 12.6. The molecule has 1 aromatic carbocycles. The molecule has 9 heteroatoms. The molecule has 0 saturated carbocycles. The smallest absolute Gasteiger partial charge is 0.322 e. The van der Waals surface area contributed by atoms with E-state index in [1.165, 1.54) is 18.5 Å². The van der Waals surface area contributed by atoms with Crippen molar-refractivity contribution in [1.82, 2.24) is 14.9 Å². The van der Waals surface area contributed by atoms with Gasteiger partial charge in [-0.25, -0.2) is 9.98 Å². The van der Waals surface area contributed by atoms with E-state index in [2.05, 4.69) is 15.3 Å². The topological polar surface area (TPSA) is 59.3 Å². The largest absolute Gasteiger partial charge is 0.406 e. The Morgan fingerprint density at radius 2 is 2.12 bits per heavy atom. The molecule has 3 rings (SSSR count). The Kier molecular flexibility index (Phi) is 4.90. The normalized spacial score (nSPS) is 18.0. The maximum absolute atomic E-state index is 12.6. The summed E-state index contributed by atoms with van der Waals surface area (Å²) in [5, 5.41) is 3.00. The molecule has 0 radical (unpaired) electrons. The van der Waals surface area contributed by atoms with Crippen LogP contribution in [0, 0.1) is 13.8 Å². The molecule has 1 amide bonds. The summed E-state index contributed by atoms with van der Waals surface area (Å²) in [7, 11) is 0. The van der Waals surface area contributed by atoms with E-state index >= 15 is 0 Å². The van der Waals surface area contributed by atoms with Crippen LogP contribution in [0.2, 0.25) is 0 Å². The zero-order chi connectivity index (χ0) is 18.9. The van der Waals surface area contributed by atoms with Gasteiger partial charge in [0.15, 0.2) is 5.17 Å². The second-order valence-electron chi connectivity index (χ2n) is 5.80. The summed E-state index contributed by atoms with van der Waals surface area (Å²) in [6.07, 6.45) is -0.547. The Hall–Kier alpha value is -2.55. The Labute approximate surface area is 152 Å². The number of halogens is 3. The molecule has 2 heterocycles. The highest BCUT2D eigenvalue weighted by Gasteiger charge is 2.29. The second kappa shape index (κ2) is 6.99. The van der Waals surface area contributed by atoms with Gasteiger partial charge in [0.2, 0.25) is 0 Å². The van der Waals surface area contributed by atoms with Gasteiger partial charge in [-0.2, -0.15) is 13.2 Å². The van der Waals surface area contributed by atoms with Gasteiger partial charge in [-0.1, -0.05) is 12.1 Å². The number of aryl methyl sites for hydroxylation is 2. The number of aromatic nitrogens is 2. The van der Waals surface area contributed by atoms with Crippen LogP contribution in [-0.4, -0.2) is 26.8 Å². The monoisotopic (exact) mass is 380 g/mol. The van der Waals surface area contributed by atoms with Gasteiger partial charge in [0, 0.05) is 18.5 Å². The number of amides is 1. The Balaban J connectivity index is 1.85. The van der Waals surface area contributed by atoms with Crippen molar-refractivity contribution in [1.29, 1.82) is 0 Å². The highest BCUT2D eigenvalue weighted by molar-refractivity contribution is 8.18. The molecule has 0 unspecified atom stereocenters. The number of carbonyl (C=O) groups is 1. The van der Waals surface area contributed by atoms with Crippen LogP contribution in [0.25, 0.3) is 6.08 Å². The number of hydrogen-bond donors (Lipinski definition) is 1. The molecule has 1 aliphatic rings. The molecule has 1 aromatic heterocycles. The minimum Gasteiger partial charge on any atom is -0.322 e. The summed E-state index contributed by atoms with van der Waals surface area (Å²) in [6, 6.07) is 5.79. The average Bonchev–Trinajstić information content (AvgIpc) is 3.09. The molecule has 26 heavy (non-hydrogen) atoms. The van der Waals surface area contributed by atoms with Gasteiger partial charge >= 0.3 is 6.18 Å². The van der Waals surface area contributed by atoms with Gasteiger partial charge in [0.05, 0.1) is 10.6 Å². The summed E-state index contributed by atoms with van der Waals surface area (Å²) >= 11 is 1.07. The first kappa shape index (κ1) is 18.2. The van der Waals surface area contributed by atoms with Crippen molar-refractivity contribution in [2.75, 3.05) is 0 Å². The second-order valence-corrected chi connectivity index (χ2v) is 6.83. The third-order valence-electron chi connectivity index (χ3n) is 3.60. The fourth-order valence-electron chi connectivity index (χ4n) is 2.33. The van der Waals surface area contributed by atoms with Gasteiger partial charge in [-0.3, -0.25) is 4.79 Å². The lowest BCUT2D eigenvalue weighted by Gasteiger charge is -2.08. The molecular weight excluding hydrogens is 365 g/mol. The molecule has 0 bridgehead atoms. The number of aliphatic imine (C=N–C) groups is 1. The first-order valence-electron chi connectivity index (χ1n) is 7.66. The quantitative estimate of drug-likeness (QED) is 0.820. The first-order valence-corrected chi connectivity index (χ1v) is 8.48. The number of nitrogens with one attached hydrogen (secondary N) is 1. The van der Waals surface area contributed by atoms with Crippen LogP contribution in [0.3, 0.4) is 0 Å². The van der Waals surface area contributed by atoms with Gasteiger partial charge in [-0.05, 0) is 42.8 Å². The molecular formula is C17H15F3N4OS. The highest BCUT2D eigenvalue weighted by Crippen LogP contribution is 2.29. The van der Waals surface area contributed by atoms with Crippen LogP contribution in [0.4, 0.5) is 18.9 Å². The molecule has 1 fully saturated rings. The van der Waals surface area contributed by atoms with Crippen molar-refractivity contribution in [2.45, 2.75) is 26.6 Å². The van der Waals surface area contributed by atoms with Crippen LogP contribution in [0.15, 0.2) is 40.5 Å². The third kappa shape index (κ3) is 4.34. The molecule has 5 nitrogen and oxygen atoms in total. The zero-order valence-corrected chi connectivity index (χ0v) is 14.8. The number of hydrogen-bond acceptors (Lipinski definition) is 4. The number of alkyl halides is 3. The SMILES string of the molecule is Cc1ccc(C)c(N=C2NC(=O)/C(=C/c3nccn3CC(F)(F)F)S2)c1. The fourth-order valence-corrected chi connectivity index (χ4v) is 3.14. The maximum Gasteiger partial charge on any atom is 0.406 e. The number of carbonyl (C=O) groups excluding carboxylic acids is 1. The van der Waals surface area contributed by atoms with Crippen molar-refractivity contribution in [2.24, 2.45) is 4.99 Å². The highest BCUT2D eigenvalue weighted by atomic mass is 32.2. The Bertz CT molecular complexity index is 915. The fraction of sp³-hybridized carbons (Fsp3) is 0.235. The lowest BCUT2D eigenvalue weighted by Crippen LogP contribution is -2.20. The summed E-state index contributed by atoms with van der Waals surface area (Å²) < 4.78 is 38.7. The standard InChI is InChI=1S/C17H15F3N4OS/c1-10-3-4-11(2)12(7-10)22-16-23-15(25)13(26-16)8-14-21-5-6-24(14)9-17(18,19)20/h3-8H,9H2,1-2H3,(H,22,23,25)/b13-8-. The number of thioether (sulfide) groups is 1. The summed E-state index contributed by atoms with van der Waals surface area (Å²) in [5.74, 6) is -0.353. The molecule has 1 saturated heterocycles. The zero-order valence-electron chi connectivity index (χ0n) is 14.0. The number of imidazole rings is 1. The number of benzene rings is 1. The van der Waals surface area contributed by atoms with Gasteiger partial charge < -0.3 is 9.88 Å². The predicted octanol–water partition coefficient (Wildman–Crippen LogP) is 3.95. The minimum absolute atomic E-state index is 0.0629. The van der Waals surface area contributed by atoms with Crippen molar-refractivity contribution in [3.8, 4) is 0 Å². The van der Waals surface area contributed by atoms with Crippen LogP contribution in [0.1, 0.15) is 17.0 Å². The summed E-state index contributed by atoms with van der Waals surface area (Å²) in [6.45, 7) is 2.68. The Morgan fingerprint density at radius 1 is 1.35 bits per heavy atom. The molecule has 1 N–H and O–H groups in total. The van der Waals surface area contributed by atoms with E-state index in [1.807, 2.05) is 32.0 Å². The molecule has 2 aromatic rings. The van der Waals surface area contributed by atoms with Crippen LogP contribution in [0.5, 0.6) is 0 Å². The number of nitrogens with zero attached hydrogens (tertiary/aromatic N) is 3. The molecule has 1 aliphatic heterocycles. The van der Waals surface area contributed by atoms with Gasteiger partial charge in [-0.15, -0.1) is 0 Å². The lowest BCUT2D eigenvalue weighted by molar-refractivity contribution is -0.140. The van der Waals surface area contributed by atoms with E-state index in [0.717, 1.165) is 33.1 Å². The van der Waals surface area contributed by atoms with Crippen LogP contribution < -0.4 is 5.32 Å². The average molecular weight is 380 g/mol. The summed E-state index contributed by atoms with van der Waals surface area (Å²) in [5.41, 5.74) is 2.72. The molecule has 0 atom stereocenters. The van der Waals surface area contributed by atoms with E-state index in [0.29, 0.717) is 5.17 Å². The van der Waals surface area contributed by atoms with Gasteiger partial charge in [0.1, 0.15) is 12.4 Å². The van der Waals surface area contributed by atoms with Gasteiger partial charge in [0.25, 0.3) is 5.91 Å². The van der Waals surface area contributed by atoms with E-state index in [9.17, 15) is 18.0 Å². The Morgan fingerprint density at radius 3 is 2.85 bits per heavy atom. The first-order chi connectivity index (χ1) is 12.2. The molecule has 136 valence electrons. The van der Waals surface area contributed by atoms with Crippen molar-refractivity contribution >= 4 is 34.6 Å². The predicted molar refractivity (Wildman–Crippen MR) is 95.0 cm³/mol.